The van der Waals surface area contributed by atoms with E-state index >= 15 is 0 Å². The standard InChI is InChI=1S/C12H21N5O2S/c1-16(7-8-19-2)11(18)9-10(13)15-12(20-9)17-5-3-14-4-6-17/h14H,3-8,13H2,1-2H3. The molecule has 3 N–H and O–H groups in total. The van der Waals surface area contributed by atoms with Crippen molar-refractivity contribution in [2.24, 2.45) is 0 Å². The highest BCUT2D eigenvalue weighted by Gasteiger charge is 2.22. The number of nitrogens with one attached hydrogen (secondary N) is 1. The van der Waals surface area contributed by atoms with Crippen LogP contribution in [-0.4, -0.2) is 69.3 Å². The topological polar surface area (TPSA) is 83.7 Å². The van der Waals surface area contributed by atoms with Crippen LogP contribution in [0.25, 0.3) is 0 Å². The number of amides is 1. The van der Waals surface area contributed by atoms with Gasteiger partial charge in [-0.25, -0.2) is 4.98 Å². The second kappa shape index (κ2) is 6.87. The Labute approximate surface area is 122 Å². The molecule has 0 aliphatic carbocycles. The van der Waals surface area contributed by atoms with Crippen LogP contribution in [0.1, 0.15) is 9.67 Å². The Hall–Kier alpha value is -1.38. The Balaban J connectivity index is 2.08. The summed E-state index contributed by atoms with van der Waals surface area (Å²) in [6, 6.07) is 0. The minimum Gasteiger partial charge on any atom is -0.383 e. The highest BCUT2D eigenvalue weighted by molar-refractivity contribution is 7.18. The number of carbonyl (C=O) groups is 1. The maximum absolute atomic E-state index is 12.3. The van der Waals surface area contributed by atoms with Crippen molar-refractivity contribution in [3.8, 4) is 0 Å². The fraction of sp³-hybridized carbons (Fsp3) is 0.667. The molecule has 1 fully saturated rings. The first-order valence-corrected chi connectivity index (χ1v) is 7.41. The lowest BCUT2D eigenvalue weighted by molar-refractivity contribution is 0.0749. The third-order valence-electron chi connectivity index (χ3n) is 3.20. The maximum atomic E-state index is 12.3. The first kappa shape index (κ1) is 15.0. The van der Waals surface area contributed by atoms with E-state index in [0.717, 1.165) is 31.3 Å². The molecule has 1 aromatic rings. The van der Waals surface area contributed by atoms with Gasteiger partial charge in [0.25, 0.3) is 5.91 Å². The lowest BCUT2D eigenvalue weighted by Gasteiger charge is -2.26. The molecule has 0 saturated carbocycles. The predicted molar refractivity (Wildman–Crippen MR) is 80.4 cm³/mol. The van der Waals surface area contributed by atoms with E-state index in [2.05, 4.69) is 15.2 Å². The molecule has 0 bridgehead atoms. The minimum atomic E-state index is -0.0987. The summed E-state index contributed by atoms with van der Waals surface area (Å²) in [7, 11) is 3.35. The fourth-order valence-electron chi connectivity index (χ4n) is 1.97. The van der Waals surface area contributed by atoms with Crippen LogP contribution in [0, 0.1) is 0 Å². The molecule has 0 aromatic carbocycles. The number of ether oxygens (including phenoxy) is 1. The molecular weight excluding hydrogens is 278 g/mol. The molecule has 0 unspecified atom stereocenters. The van der Waals surface area contributed by atoms with Gasteiger partial charge < -0.3 is 25.6 Å². The molecule has 1 amide bonds. The summed E-state index contributed by atoms with van der Waals surface area (Å²) >= 11 is 1.37. The molecule has 2 rings (SSSR count). The van der Waals surface area contributed by atoms with Crippen molar-refractivity contribution < 1.29 is 9.53 Å². The molecule has 1 saturated heterocycles. The number of likely N-dealkylation sites (N-methyl/N-ethyl adjacent to an activating group) is 1. The second-order valence-corrected chi connectivity index (χ2v) is 5.64. The van der Waals surface area contributed by atoms with Gasteiger partial charge in [0.05, 0.1) is 6.61 Å². The lowest BCUT2D eigenvalue weighted by atomic mass is 10.4. The van der Waals surface area contributed by atoms with Gasteiger partial charge in [0, 0.05) is 46.9 Å². The third-order valence-corrected chi connectivity index (χ3v) is 4.32. The van der Waals surface area contributed by atoms with Crippen LogP contribution >= 0.6 is 11.3 Å². The van der Waals surface area contributed by atoms with Crippen molar-refractivity contribution in [3.63, 3.8) is 0 Å². The van der Waals surface area contributed by atoms with Gasteiger partial charge in [-0.3, -0.25) is 4.79 Å². The summed E-state index contributed by atoms with van der Waals surface area (Å²) in [5.41, 5.74) is 5.89. The van der Waals surface area contributed by atoms with E-state index in [-0.39, 0.29) is 5.91 Å². The number of carbonyl (C=O) groups excluding carboxylic acids is 1. The lowest BCUT2D eigenvalue weighted by Crippen LogP contribution is -2.43. The zero-order valence-corrected chi connectivity index (χ0v) is 12.7. The average Bonchev–Trinajstić information content (AvgIpc) is 2.87. The predicted octanol–water partition coefficient (Wildman–Crippen LogP) is -0.147. The van der Waals surface area contributed by atoms with Crippen molar-refractivity contribution >= 4 is 28.2 Å². The van der Waals surface area contributed by atoms with E-state index in [4.69, 9.17) is 10.5 Å². The molecular formula is C12H21N5O2S. The van der Waals surface area contributed by atoms with Gasteiger partial charge in [0.15, 0.2) is 5.13 Å². The number of nitrogens with zero attached hydrogens (tertiary/aromatic N) is 3. The Morgan fingerprint density at radius 3 is 2.90 bits per heavy atom. The number of anilines is 2. The summed E-state index contributed by atoms with van der Waals surface area (Å²) in [6.45, 7) is 4.68. The normalized spacial score (nSPS) is 15.4. The molecule has 0 spiro atoms. The number of rotatable bonds is 5. The van der Waals surface area contributed by atoms with Crippen LogP contribution < -0.4 is 16.0 Å². The molecule has 1 aromatic heterocycles. The van der Waals surface area contributed by atoms with E-state index < -0.39 is 0 Å². The van der Waals surface area contributed by atoms with Crippen molar-refractivity contribution in [1.29, 1.82) is 0 Å². The SMILES string of the molecule is COCCN(C)C(=O)c1sc(N2CCNCC2)nc1N. The Kier molecular flexibility index (Phi) is 5.16. The van der Waals surface area contributed by atoms with E-state index in [1.807, 2.05) is 0 Å². The molecule has 1 aliphatic rings. The van der Waals surface area contributed by atoms with Crippen molar-refractivity contribution in [3.05, 3.63) is 4.88 Å². The van der Waals surface area contributed by atoms with Crippen LogP contribution in [0.4, 0.5) is 10.9 Å². The number of hydrogen-bond donors (Lipinski definition) is 2. The molecule has 0 atom stereocenters. The quantitative estimate of drug-likeness (QED) is 0.787. The first-order chi connectivity index (χ1) is 9.63. The van der Waals surface area contributed by atoms with Crippen molar-refractivity contribution in [2.75, 3.05) is 64.1 Å². The summed E-state index contributed by atoms with van der Waals surface area (Å²) in [5.74, 6) is 0.219. The van der Waals surface area contributed by atoms with E-state index in [0.29, 0.717) is 23.8 Å². The summed E-state index contributed by atoms with van der Waals surface area (Å²) in [5, 5.41) is 4.11. The average molecular weight is 299 g/mol. The van der Waals surface area contributed by atoms with Crippen molar-refractivity contribution in [2.45, 2.75) is 0 Å². The van der Waals surface area contributed by atoms with Crippen LogP contribution in [0.15, 0.2) is 0 Å². The van der Waals surface area contributed by atoms with E-state index in [9.17, 15) is 4.79 Å². The largest absolute Gasteiger partial charge is 0.383 e. The van der Waals surface area contributed by atoms with E-state index in [1.165, 1.54) is 11.3 Å². The van der Waals surface area contributed by atoms with Gasteiger partial charge in [-0.1, -0.05) is 11.3 Å². The van der Waals surface area contributed by atoms with Gasteiger partial charge in [-0.05, 0) is 0 Å². The smallest absolute Gasteiger partial charge is 0.267 e. The zero-order chi connectivity index (χ0) is 14.5. The number of methoxy groups -OCH3 is 1. The van der Waals surface area contributed by atoms with Gasteiger partial charge in [0.2, 0.25) is 0 Å². The van der Waals surface area contributed by atoms with Crippen LogP contribution in [0.2, 0.25) is 0 Å². The molecule has 0 radical (unpaired) electrons. The number of nitrogen functional groups attached to an aromatic ring is 1. The van der Waals surface area contributed by atoms with Crippen molar-refractivity contribution in [1.82, 2.24) is 15.2 Å². The molecule has 20 heavy (non-hydrogen) atoms. The fourth-order valence-corrected chi connectivity index (χ4v) is 3.00. The van der Waals surface area contributed by atoms with Gasteiger partial charge in [-0.15, -0.1) is 0 Å². The number of hydrogen-bond acceptors (Lipinski definition) is 7. The van der Waals surface area contributed by atoms with Crippen LogP contribution in [-0.2, 0) is 4.74 Å². The third kappa shape index (κ3) is 3.38. The Bertz CT molecular complexity index is 459. The molecule has 1 aliphatic heterocycles. The summed E-state index contributed by atoms with van der Waals surface area (Å²) < 4.78 is 4.98. The summed E-state index contributed by atoms with van der Waals surface area (Å²) in [6.07, 6.45) is 0. The molecule has 8 heteroatoms. The van der Waals surface area contributed by atoms with Gasteiger partial charge in [0.1, 0.15) is 10.7 Å². The number of piperazine rings is 1. The van der Waals surface area contributed by atoms with Crippen LogP contribution in [0.5, 0.6) is 0 Å². The number of nitrogens with two attached hydrogens (primary N) is 1. The Morgan fingerprint density at radius 1 is 1.55 bits per heavy atom. The van der Waals surface area contributed by atoms with Gasteiger partial charge in [-0.2, -0.15) is 0 Å². The first-order valence-electron chi connectivity index (χ1n) is 6.60. The minimum absolute atomic E-state index is 0.0987. The number of aromatic nitrogens is 1. The monoisotopic (exact) mass is 299 g/mol. The number of thiazole rings is 1. The molecule has 112 valence electrons. The highest BCUT2D eigenvalue weighted by Crippen LogP contribution is 2.29. The van der Waals surface area contributed by atoms with Crippen LogP contribution in [0.3, 0.4) is 0 Å². The van der Waals surface area contributed by atoms with Gasteiger partial charge >= 0.3 is 0 Å². The molecule has 7 nitrogen and oxygen atoms in total. The molecule has 2 heterocycles. The maximum Gasteiger partial charge on any atom is 0.267 e. The Morgan fingerprint density at radius 2 is 2.25 bits per heavy atom. The zero-order valence-electron chi connectivity index (χ0n) is 11.9. The van der Waals surface area contributed by atoms with E-state index in [1.54, 1.807) is 19.1 Å². The second-order valence-electron chi connectivity index (χ2n) is 4.67. The summed E-state index contributed by atoms with van der Waals surface area (Å²) in [4.78, 5) is 20.9. The highest BCUT2D eigenvalue weighted by atomic mass is 32.1.